The minimum Gasteiger partial charge on any atom is -0.374 e. The van der Waals surface area contributed by atoms with Crippen molar-refractivity contribution < 1.29 is 28.4 Å². The zero-order chi connectivity index (χ0) is 33.3. The molecular formula is C41H42N2O6. The van der Waals surface area contributed by atoms with Crippen LogP contribution in [-0.4, -0.2) is 41.0 Å². The highest BCUT2D eigenvalue weighted by Gasteiger charge is 2.62. The monoisotopic (exact) mass is 658 g/mol. The molecule has 1 fully saturated rings. The van der Waals surface area contributed by atoms with Crippen molar-refractivity contribution in [2.24, 2.45) is 0 Å². The van der Waals surface area contributed by atoms with Gasteiger partial charge in [-0.05, 0) is 28.7 Å². The Morgan fingerprint density at radius 2 is 1.16 bits per heavy atom. The quantitative estimate of drug-likeness (QED) is 0.125. The smallest absolute Gasteiger partial charge is 0.245 e. The second kappa shape index (κ2) is 16.0. The van der Waals surface area contributed by atoms with Crippen molar-refractivity contribution >= 4 is 0 Å². The maximum atomic E-state index is 7.10. The average Bonchev–Trinajstić information content (AvgIpc) is 3.52. The van der Waals surface area contributed by atoms with Crippen LogP contribution >= 0.6 is 0 Å². The molecule has 5 atom stereocenters. The molecule has 1 saturated heterocycles. The fourth-order valence-electron chi connectivity index (χ4n) is 6.39. The van der Waals surface area contributed by atoms with Gasteiger partial charge in [0, 0.05) is 6.20 Å². The lowest BCUT2D eigenvalue weighted by molar-refractivity contribution is -0.388. The van der Waals surface area contributed by atoms with Crippen molar-refractivity contribution in [3.8, 4) is 0 Å². The summed E-state index contributed by atoms with van der Waals surface area (Å²) in [5.74, 6) is -1.41. The average molecular weight is 659 g/mol. The minimum absolute atomic E-state index is 0.228. The summed E-state index contributed by atoms with van der Waals surface area (Å²) in [5, 5.41) is 0. The van der Waals surface area contributed by atoms with Crippen molar-refractivity contribution in [2.45, 2.75) is 76.6 Å². The van der Waals surface area contributed by atoms with Gasteiger partial charge in [0.2, 0.25) is 5.79 Å². The molecule has 0 unspecified atom stereocenters. The highest BCUT2D eigenvalue weighted by Crippen LogP contribution is 2.48. The first-order valence-corrected chi connectivity index (χ1v) is 17.0. The highest BCUT2D eigenvalue weighted by atomic mass is 16.7. The van der Waals surface area contributed by atoms with E-state index in [0.29, 0.717) is 38.5 Å². The molecule has 0 N–H and O–H groups in total. The van der Waals surface area contributed by atoms with Crippen LogP contribution in [0.1, 0.15) is 46.3 Å². The van der Waals surface area contributed by atoms with Gasteiger partial charge in [-0.2, -0.15) is 0 Å². The second-order valence-corrected chi connectivity index (χ2v) is 12.4. The van der Waals surface area contributed by atoms with Gasteiger partial charge in [-0.3, -0.25) is 4.98 Å². The summed E-state index contributed by atoms with van der Waals surface area (Å²) in [6, 6.07) is 40.4. The molecule has 0 aliphatic carbocycles. The van der Waals surface area contributed by atoms with E-state index in [9.17, 15) is 0 Å². The predicted octanol–water partition coefficient (Wildman–Crippen LogP) is 7.09. The number of hydrogen-bond acceptors (Lipinski definition) is 8. The summed E-state index contributed by atoms with van der Waals surface area (Å²) in [5.41, 5.74) is 6.33. The Morgan fingerprint density at radius 1 is 0.653 bits per heavy atom. The Morgan fingerprint density at radius 3 is 1.71 bits per heavy atom. The van der Waals surface area contributed by atoms with E-state index in [1.807, 2.05) is 109 Å². The van der Waals surface area contributed by atoms with Gasteiger partial charge >= 0.3 is 0 Å². The van der Waals surface area contributed by atoms with Gasteiger partial charge in [0.15, 0.2) is 0 Å². The van der Waals surface area contributed by atoms with E-state index in [-0.39, 0.29) is 13.2 Å². The van der Waals surface area contributed by atoms with Crippen LogP contribution in [-0.2, 0) is 73.7 Å². The summed E-state index contributed by atoms with van der Waals surface area (Å²) in [6.07, 6.45) is -0.0509. The van der Waals surface area contributed by atoms with Gasteiger partial charge in [0.05, 0.1) is 51.0 Å². The van der Waals surface area contributed by atoms with Crippen molar-refractivity contribution in [1.82, 2.24) is 9.97 Å². The van der Waals surface area contributed by atoms with E-state index in [1.54, 1.807) is 6.20 Å². The number of aryl methyl sites for hydroxylation is 1. The third-order valence-electron chi connectivity index (χ3n) is 8.94. The Balaban J connectivity index is 1.28. The maximum absolute atomic E-state index is 7.10. The lowest BCUT2D eigenvalue weighted by Crippen LogP contribution is -2.65. The molecule has 8 heteroatoms. The van der Waals surface area contributed by atoms with E-state index in [1.165, 1.54) is 0 Å². The van der Waals surface area contributed by atoms with E-state index in [2.05, 4.69) is 19.1 Å². The molecule has 252 valence electrons. The molecule has 7 rings (SSSR count). The van der Waals surface area contributed by atoms with Crippen molar-refractivity contribution in [2.75, 3.05) is 6.61 Å². The van der Waals surface area contributed by atoms with Crippen LogP contribution in [0.5, 0.6) is 0 Å². The molecule has 2 aliphatic rings. The number of benzene rings is 4. The van der Waals surface area contributed by atoms with E-state index >= 15 is 0 Å². The number of aromatic nitrogens is 2. The summed E-state index contributed by atoms with van der Waals surface area (Å²) in [6.45, 7) is 3.93. The van der Waals surface area contributed by atoms with Crippen LogP contribution < -0.4 is 0 Å². The van der Waals surface area contributed by atoms with Gasteiger partial charge in [0.25, 0.3) is 0 Å². The molecule has 0 saturated carbocycles. The predicted molar refractivity (Wildman–Crippen MR) is 184 cm³/mol. The lowest BCUT2D eigenvalue weighted by atomic mass is 9.89. The zero-order valence-electron chi connectivity index (χ0n) is 27.7. The molecule has 0 amide bonds. The Bertz CT molecular complexity index is 1740. The van der Waals surface area contributed by atoms with Crippen LogP contribution in [0.15, 0.2) is 128 Å². The van der Waals surface area contributed by atoms with Gasteiger partial charge in [-0.1, -0.05) is 128 Å². The van der Waals surface area contributed by atoms with Gasteiger partial charge in [-0.15, -0.1) is 0 Å². The maximum Gasteiger partial charge on any atom is 0.245 e. The first-order chi connectivity index (χ1) is 24.2. The molecular weight excluding hydrogens is 616 g/mol. The molecule has 8 nitrogen and oxygen atoms in total. The highest BCUT2D eigenvalue weighted by molar-refractivity contribution is 5.27. The second-order valence-electron chi connectivity index (χ2n) is 12.4. The Kier molecular flexibility index (Phi) is 10.8. The van der Waals surface area contributed by atoms with Crippen LogP contribution in [0.4, 0.5) is 0 Å². The van der Waals surface area contributed by atoms with Crippen LogP contribution in [0, 0.1) is 0 Å². The summed E-state index contributed by atoms with van der Waals surface area (Å²) >= 11 is 0. The fraction of sp³-hybridized carbons (Fsp3) is 0.317. The zero-order valence-corrected chi connectivity index (χ0v) is 27.7. The van der Waals surface area contributed by atoms with Crippen LogP contribution in [0.2, 0.25) is 0 Å². The third kappa shape index (κ3) is 7.81. The summed E-state index contributed by atoms with van der Waals surface area (Å²) in [4.78, 5) is 9.80. The summed E-state index contributed by atoms with van der Waals surface area (Å²) in [7, 11) is 0. The number of rotatable bonds is 14. The molecule has 49 heavy (non-hydrogen) atoms. The van der Waals surface area contributed by atoms with Gasteiger partial charge < -0.3 is 28.4 Å². The number of fused-ring (bicyclic) bond motifs is 2. The van der Waals surface area contributed by atoms with Crippen molar-refractivity contribution in [3.05, 3.63) is 167 Å². The van der Waals surface area contributed by atoms with Crippen LogP contribution in [0.3, 0.4) is 0 Å². The van der Waals surface area contributed by atoms with Crippen LogP contribution in [0.25, 0.3) is 0 Å². The number of nitrogens with zero attached hydrogens (tertiary/aromatic N) is 2. The van der Waals surface area contributed by atoms with Crippen molar-refractivity contribution in [1.29, 1.82) is 0 Å². The largest absolute Gasteiger partial charge is 0.374 e. The van der Waals surface area contributed by atoms with E-state index in [4.69, 9.17) is 38.4 Å². The number of hydrogen-bond donors (Lipinski definition) is 0. The molecule has 0 bridgehead atoms. The molecule has 4 aromatic carbocycles. The molecule has 0 radical (unpaired) electrons. The Hall–Kier alpha value is -4.28. The minimum atomic E-state index is -1.41. The number of ether oxygens (including phenoxy) is 6. The first-order valence-electron chi connectivity index (χ1n) is 17.0. The Labute approximate surface area is 288 Å². The molecule has 1 aromatic heterocycles. The molecule has 1 spiro atoms. The first kappa shape index (κ1) is 33.2. The topological polar surface area (TPSA) is 81.2 Å². The molecule has 3 heterocycles. The van der Waals surface area contributed by atoms with E-state index < -0.39 is 30.2 Å². The normalized spacial score (nSPS) is 23.0. The van der Waals surface area contributed by atoms with E-state index in [0.717, 1.165) is 33.6 Å². The standard InChI is InChI=1S/C41H42N2O6/c1-2-34-23-42-35-28-48-41(39(35)43-34)40(47-27-33-21-13-6-14-22-33)38(46-26-32-19-11-5-12-20-32)37(45-25-31-17-9-4-10-18-31)36(49-41)29-44-24-30-15-7-3-8-16-30/h3-23,36-38,40H,2,24-29H2,1H3/t36-,37-,38+,40-,41+/m1/s1. The SMILES string of the molecule is CCc1cnc2c(n1)[C@]1(OC2)O[C@H](COCc2ccccc2)[C@@H](OCc2ccccc2)[C@H](OCc2ccccc2)[C@H]1OCc1ccccc1. The van der Waals surface area contributed by atoms with Gasteiger partial charge in [0.1, 0.15) is 30.1 Å². The van der Waals surface area contributed by atoms with Gasteiger partial charge in [-0.25, -0.2) is 4.98 Å². The fourth-order valence-corrected chi connectivity index (χ4v) is 6.39. The van der Waals surface area contributed by atoms with Crippen molar-refractivity contribution in [3.63, 3.8) is 0 Å². The summed E-state index contributed by atoms with van der Waals surface area (Å²) < 4.78 is 40.7. The molecule has 2 aliphatic heterocycles. The lowest BCUT2D eigenvalue weighted by Gasteiger charge is -2.50. The third-order valence-corrected chi connectivity index (χ3v) is 8.94. The molecule has 5 aromatic rings.